The minimum absolute atomic E-state index is 0.0391. The Morgan fingerprint density at radius 1 is 1.04 bits per heavy atom. The lowest BCUT2D eigenvalue weighted by Crippen LogP contribution is -2.38. The standard InChI is InChI=1S/C22H22ClN3O2/c1-16(2)25(14-18-9-6-10-19(23)13-18)22(28)20-11-12-21(27)26(24-20)15-17-7-4-3-5-8-17/h3-13,16H,14-15H2,1-2H3. The number of carbonyl (C=O) groups is 1. The fraction of sp³-hybridized carbons (Fsp3) is 0.227. The van der Waals surface area contributed by atoms with Crippen LogP contribution in [0.3, 0.4) is 0 Å². The summed E-state index contributed by atoms with van der Waals surface area (Å²) in [5.41, 5.74) is 1.88. The van der Waals surface area contributed by atoms with E-state index in [-0.39, 0.29) is 23.2 Å². The van der Waals surface area contributed by atoms with Crippen LogP contribution in [-0.4, -0.2) is 26.6 Å². The van der Waals surface area contributed by atoms with Crippen LogP contribution in [0, 0.1) is 0 Å². The first-order chi connectivity index (χ1) is 13.4. The van der Waals surface area contributed by atoms with Crippen molar-refractivity contribution >= 4 is 17.5 Å². The van der Waals surface area contributed by atoms with Crippen molar-refractivity contribution < 1.29 is 4.79 Å². The first-order valence-corrected chi connectivity index (χ1v) is 9.49. The zero-order valence-electron chi connectivity index (χ0n) is 15.9. The summed E-state index contributed by atoms with van der Waals surface area (Å²) in [5.74, 6) is -0.225. The van der Waals surface area contributed by atoms with Crippen molar-refractivity contribution in [1.82, 2.24) is 14.7 Å². The van der Waals surface area contributed by atoms with Crippen LogP contribution in [0.15, 0.2) is 71.5 Å². The summed E-state index contributed by atoms with van der Waals surface area (Å²) in [6, 6.07) is 19.8. The minimum atomic E-state index is -0.244. The van der Waals surface area contributed by atoms with Crippen molar-refractivity contribution in [3.8, 4) is 0 Å². The highest BCUT2D eigenvalue weighted by atomic mass is 35.5. The number of aromatic nitrogens is 2. The number of benzene rings is 2. The van der Waals surface area contributed by atoms with E-state index in [9.17, 15) is 9.59 Å². The Morgan fingerprint density at radius 3 is 2.43 bits per heavy atom. The number of halogens is 1. The van der Waals surface area contributed by atoms with Crippen LogP contribution in [0.25, 0.3) is 0 Å². The second-order valence-electron chi connectivity index (χ2n) is 6.86. The van der Waals surface area contributed by atoms with E-state index < -0.39 is 0 Å². The van der Waals surface area contributed by atoms with Gasteiger partial charge in [-0.25, -0.2) is 4.68 Å². The molecule has 5 nitrogen and oxygen atoms in total. The molecule has 0 fully saturated rings. The molecule has 1 amide bonds. The van der Waals surface area contributed by atoms with E-state index in [0.717, 1.165) is 11.1 Å². The average Bonchev–Trinajstić information content (AvgIpc) is 2.68. The van der Waals surface area contributed by atoms with Gasteiger partial charge in [0.2, 0.25) is 0 Å². The van der Waals surface area contributed by atoms with Crippen molar-refractivity contribution in [1.29, 1.82) is 0 Å². The summed E-state index contributed by atoms with van der Waals surface area (Å²) in [6.07, 6.45) is 0. The number of hydrogen-bond donors (Lipinski definition) is 0. The molecule has 0 aliphatic carbocycles. The van der Waals surface area contributed by atoms with Gasteiger partial charge in [0.1, 0.15) is 5.69 Å². The molecule has 3 rings (SSSR count). The molecule has 1 aromatic heterocycles. The van der Waals surface area contributed by atoms with E-state index in [1.54, 1.807) is 11.0 Å². The van der Waals surface area contributed by atoms with Gasteiger partial charge in [0.25, 0.3) is 11.5 Å². The summed E-state index contributed by atoms with van der Waals surface area (Å²) in [5, 5.41) is 4.94. The highest BCUT2D eigenvalue weighted by Gasteiger charge is 2.21. The second-order valence-corrected chi connectivity index (χ2v) is 7.29. The topological polar surface area (TPSA) is 55.2 Å². The smallest absolute Gasteiger partial charge is 0.274 e. The third-order valence-electron chi connectivity index (χ3n) is 4.39. The maximum Gasteiger partial charge on any atom is 0.274 e. The lowest BCUT2D eigenvalue weighted by Gasteiger charge is -2.26. The normalized spacial score (nSPS) is 10.9. The van der Waals surface area contributed by atoms with Gasteiger partial charge in [-0.1, -0.05) is 54.1 Å². The maximum absolute atomic E-state index is 13.1. The molecule has 0 spiro atoms. The van der Waals surface area contributed by atoms with Crippen molar-refractivity contribution in [3.05, 3.63) is 98.9 Å². The van der Waals surface area contributed by atoms with Crippen LogP contribution in [0.1, 0.15) is 35.5 Å². The van der Waals surface area contributed by atoms with Gasteiger partial charge in [0.05, 0.1) is 6.54 Å². The molecule has 2 aromatic carbocycles. The third kappa shape index (κ3) is 4.87. The Bertz CT molecular complexity index is 1020. The molecular formula is C22H22ClN3O2. The van der Waals surface area contributed by atoms with Gasteiger partial charge in [-0.3, -0.25) is 9.59 Å². The van der Waals surface area contributed by atoms with E-state index in [0.29, 0.717) is 18.1 Å². The molecule has 0 saturated carbocycles. The third-order valence-corrected chi connectivity index (χ3v) is 4.62. The van der Waals surface area contributed by atoms with E-state index >= 15 is 0 Å². The van der Waals surface area contributed by atoms with Gasteiger partial charge in [-0.05, 0) is 43.2 Å². The minimum Gasteiger partial charge on any atom is -0.331 e. The molecule has 6 heteroatoms. The summed E-state index contributed by atoms with van der Waals surface area (Å²) in [7, 11) is 0. The second kappa shape index (κ2) is 8.85. The summed E-state index contributed by atoms with van der Waals surface area (Å²) < 4.78 is 1.32. The first kappa shape index (κ1) is 19.8. The molecule has 28 heavy (non-hydrogen) atoms. The lowest BCUT2D eigenvalue weighted by molar-refractivity contribution is 0.0681. The van der Waals surface area contributed by atoms with Crippen LogP contribution in [0.2, 0.25) is 5.02 Å². The monoisotopic (exact) mass is 395 g/mol. The number of carbonyl (C=O) groups excluding carboxylic acids is 1. The van der Waals surface area contributed by atoms with E-state index in [2.05, 4.69) is 5.10 Å². The Morgan fingerprint density at radius 2 is 1.75 bits per heavy atom. The van der Waals surface area contributed by atoms with Crippen LogP contribution in [-0.2, 0) is 13.1 Å². The van der Waals surface area contributed by atoms with Crippen LogP contribution < -0.4 is 5.56 Å². The van der Waals surface area contributed by atoms with E-state index in [1.807, 2.05) is 62.4 Å². The Hall–Kier alpha value is -2.92. The number of nitrogens with zero attached hydrogens (tertiary/aromatic N) is 3. The Balaban J connectivity index is 1.86. The number of rotatable bonds is 6. The molecule has 0 unspecified atom stereocenters. The first-order valence-electron chi connectivity index (χ1n) is 9.11. The Kier molecular flexibility index (Phi) is 6.26. The van der Waals surface area contributed by atoms with Gasteiger partial charge in [0, 0.05) is 23.7 Å². The molecule has 1 heterocycles. The summed E-state index contributed by atoms with van der Waals surface area (Å²) in [6.45, 7) is 4.62. The van der Waals surface area contributed by atoms with Gasteiger partial charge in [-0.2, -0.15) is 5.10 Å². The van der Waals surface area contributed by atoms with Crippen molar-refractivity contribution in [2.45, 2.75) is 33.0 Å². The predicted molar refractivity (Wildman–Crippen MR) is 111 cm³/mol. The fourth-order valence-corrected chi connectivity index (χ4v) is 3.11. The quantitative estimate of drug-likeness (QED) is 0.634. The van der Waals surface area contributed by atoms with Gasteiger partial charge in [0.15, 0.2) is 0 Å². The molecule has 3 aromatic rings. The van der Waals surface area contributed by atoms with Crippen LogP contribution >= 0.6 is 11.6 Å². The molecule has 0 N–H and O–H groups in total. The molecular weight excluding hydrogens is 374 g/mol. The zero-order chi connectivity index (χ0) is 20.1. The molecule has 0 atom stereocenters. The molecule has 0 aliphatic rings. The molecule has 144 valence electrons. The zero-order valence-corrected chi connectivity index (χ0v) is 16.6. The molecule has 0 saturated heterocycles. The highest BCUT2D eigenvalue weighted by molar-refractivity contribution is 6.30. The molecule has 0 aliphatic heterocycles. The van der Waals surface area contributed by atoms with Crippen molar-refractivity contribution in [2.75, 3.05) is 0 Å². The van der Waals surface area contributed by atoms with Crippen LogP contribution in [0.5, 0.6) is 0 Å². The fourth-order valence-electron chi connectivity index (χ4n) is 2.90. The molecule has 0 bridgehead atoms. The summed E-state index contributed by atoms with van der Waals surface area (Å²) >= 11 is 6.07. The largest absolute Gasteiger partial charge is 0.331 e. The average molecular weight is 396 g/mol. The Labute approximate surface area is 169 Å². The van der Waals surface area contributed by atoms with E-state index in [4.69, 9.17) is 11.6 Å². The van der Waals surface area contributed by atoms with Crippen LogP contribution in [0.4, 0.5) is 0 Å². The van der Waals surface area contributed by atoms with Crippen molar-refractivity contribution in [2.24, 2.45) is 0 Å². The highest BCUT2D eigenvalue weighted by Crippen LogP contribution is 2.16. The number of amides is 1. The SMILES string of the molecule is CC(C)N(Cc1cccc(Cl)c1)C(=O)c1ccc(=O)n(Cc2ccccc2)n1. The number of hydrogen-bond acceptors (Lipinski definition) is 3. The van der Waals surface area contributed by atoms with Gasteiger partial charge < -0.3 is 4.90 Å². The van der Waals surface area contributed by atoms with Crippen molar-refractivity contribution in [3.63, 3.8) is 0 Å². The van der Waals surface area contributed by atoms with E-state index in [1.165, 1.54) is 16.8 Å². The predicted octanol–water partition coefficient (Wildman–Crippen LogP) is 4.00. The maximum atomic E-state index is 13.1. The summed E-state index contributed by atoms with van der Waals surface area (Å²) in [4.78, 5) is 27.0. The lowest BCUT2D eigenvalue weighted by atomic mass is 10.1. The molecule has 0 radical (unpaired) electrons. The van der Waals surface area contributed by atoms with Gasteiger partial charge >= 0.3 is 0 Å². The van der Waals surface area contributed by atoms with Gasteiger partial charge in [-0.15, -0.1) is 0 Å².